The standard InChI is InChI=1S/C21H33N2O7P/c1-5-28-31(27)30-17-12-10-16(11-13-17)18(24)19(25)22-14-8-6-7-9-15-23-20(26)29-21(2,3)4/h10-13,18,24H,5-9,14-15H2,1-4H3,(H-,22,23,25,26)/p+1. The maximum Gasteiger partial charge on any atom is 0.750 e. The Morgan fingerprint density at radius 3 is 2.16 bits per heavy atom. The van der Waals surface area contributed by atoms with E-state index in [0.717, 1.165) is 25.7 Å². The van der Waals surface area contributed by atoms with Gasteiger partial charge in [-0.3, -0.25) is 4.79 Å². The van der Waals surface area contributed by atoms with Crippen molar-refractivity contribution in [1.82, 2.24) is 10.6 Å². The molecule has 0 aliphatic heterocycles. The highest BCUT2D eigenvalue weighted by atomic mass is 31.1. The number of aliphatic hydroxyl groups excluding tert-OH is 1. The number of aliphatic hydroxyl groups is 1. The van der Waals surface area contributed by atoms with Crippen LogP contribution in [0.4, 0.5) is 4.79 Å². The molecule has 0 bridgehead atoms. The van der Waals surface area contributed by atoms with E-state index >= 15 is 0 Å². The van der Waals surface area contributed by atoms with Crippen LogP contribution in [0.1, 0.15) is 65.0 Å². The molecule has 0 aliphatic rings. The summed E-state index contributed by atoms with van der Waals surface area (Å²) in [6.45, 7) is 8.41. The topological polar surface area (TPSA) is 123 Å². The first-order chi connectivity index (χ1) is 14.6. The van der Waals surface area contributed by atoms with Crippen molar-refractivity contribution in [2.45, 2.75) is 65.1 Å². The molecular formula is C21H34N2O7P+. The molecule has 0 saturated heterocycles. The van der Waals surface area contributed by atoms with E-state index in [1.807, 2.05) is 20.8 Å². The Morgan fingerprint density at radius 1 is 1.03 bits per heavy atom. The van der Waals surface area contributed by atoms with Crippen molar-refractivity contribution in [1.29, 1.82) is 0 Å². The van der Waals surface area contributed by atoms with E-state index in [1.165, 1.54) is 24.3 Å². The first-order valence-corrected chi connectivity index (χ1v) is 11.5. The van der Waals surface area contributed by atoms with Crippen LogP contribution in [0, 0.1) is 0 Å². The zero-order valence-corrected chi connectivity index (χ0v) is 19.6. The van der Waals surface area contributed by atoms with Gasteiger partial charge in [-0.2, -0.15) is 0 Å². The van der Waals surface area contributed by atoms with Crippen molar-refractivity contribution in [3.63, 3.8) is 0 Å². The molecule has 174 valence electrons. The Balaban J connectivity index is 2.19. The summed E-state index contributed by atoms with van der Waals surface area (Å²) in [5.41, 5.74) is -0.0998. The largest absolute Gasteiger partial charge is 0.750 e. The number of unbranched alkanes of at least 4 members (excludes halogenated alkanes) is 3. The Bertz CT molecular complexity index is 705. The number of carbonyl (C=O) groups is 2. The van der Waals surface area contributed by atoms with Crippen molar-refractivity contribution < 1.29 is 33.0 Å². The number of alkyl carbamates (subject to hydrolysis) is 1. The van der Waals surface area contributed by atoms with Gasteiger partial charge in [0.15, 0.2) is 11.9 Å². The SMILES string of the molecule is CCO[P+](=O)Oc1ccc(C(O)C(=O)NCCCCCCNC(=O)OC(C)(C)C)cc1. The molecule has 0 heterocycles. The zero-order valence-electron chi connectivity index (χ0n) is 18.7. The molecule has 2 unspecified atom stereocenters. The van der Waals surface area contributed by atoms with Gasteiger partial charge in [0.2, 0.25) is 0 Å². The summed E-state index contributed by atoms with van der Waals surface area (Å²) in [4.78, 5) is 23.6. The van der Waals surface area contributed by atoms with Gasteiger partial charge < -0.3 is 20.5 Å². The van der Waals surface area contributed by atoms with Gasteiger partial charge in [-0.05, 0) is 58.2 Å². The summed E-state index contributed by atoms with van der Waals surface area (Å²) < 4.78 is 26.5. The van der Waals surface area contributed by atoms with Crippen molar-refractivity contribution in [2.24, 2.45) is 0 Å². The molecule has 0 saturated carbocycles. The van der Waals surface area contributed by atoms with Gasteiger partial charge in [0, 0.05) is 17.7 Å². The van der Waals surface area contributed by atoms with E-state index in [1.54, 1.807) is 6.92 Å². The Morgan fingerprint density at radius 2 is 1.61 bits per heavy atom. The van der Waals surface area contributed by atoms with E-state index in [2.05, 4.69) is 10.6 Å². The first-order valence-electron chi connectivity index (χ1n) is 10.4. The third-order valence-corrected chi connectivity index (χ3v) is 4.76. The zero-order chi connectivity index (χ0) is 23.3. The number of amides is 2. The highest BCUT2D eigenvalue weighted by Gasteiger charge is 2.22. The molecule has 10 heteroatoms. The molecule has 0 radical (unpaired) electrons. The van der Waals surface area contributed by atoms with E-state index in [9.17, 15) is 19.3 Å². The highest BCUT2D eigenvalue weighted by Crippen LogP contribution is 2.28. The van der Waals surface area contributed by atoms with Crippen molar-refractivity contribution in [3.8, 4) is 5.75 Å². The first kappa shape index (κ1) is 26.8. The maximum absolute atomic E-state index is 12.1. The molecule has 0 aliphatic carbocycles. The number of hydrogen-bond donors (Lipinski definition) is 3. The van der Waals surface area contributed by atoms with E-state index < -0.39 is 32.0 Å². The minimum Gasteiger partial charge on any atom is -0.444 e. The van der Waals surface area contributed by atoms with Gasteiger partial charge >= 0.3 is 14.3 Å². The Labute approximate surface area is 184 Å². The Kier molecular flexibility index (Phi) is 12.1. The second-order valence-corrected chi connectivity index (χ2v) is 8.73. The van der Waals surface area contributed by atoms with E-state index in [0.29, 0.717) is 24.4 Å². The van der Waals surface area contributed by atoms with E-state index in [4.69, 9.17) is 13.8 Å². The van der Waals surface area contributed by atoms with Crippen LogP contribution in [0.25, 0.3) is 0 Å². The quantitative estimate of drug-likeness (QED) is 0.302. The van der Waals surface area contributed by atoms with Crippen LogP contribution >= 0.6 is 8.25 Å². The normalized spacial score (nSPS) is 12.6. The van der Waals surface area contributed by atoms with Crippen molar-refractivity contribution >= 4 is 20.3 Å². The molecule has 31 heavy (non-hydrogen) atoms. The minimum atomic E-state index is -2.24. The molecule has 9 nitrogen and oxygen atoms in total. The molecule has 2 amide bonds. The molecule has 0 spiro atoms. The van der Waals surface area contributed by atoms with Gasteiger partial charge in [0.25, 0.3) is 5.91 Å². The fourth-order valence-corrected chi connectivity index (χ4v) is 3.05. The molecule has 0 aromatic heterocycles. The van der Waals surface area contributed by atoms with Gasteiger partial charge in [-0.1, -0.05) is 25.0 Å². The molecule has 2 atom stereocenters. The summed E-state index contributed by atoms with van der Waals surface area (Å²) in [5, 5.41) is 15.6. The predicted molar refractivity (Wildman–Crippen MR) is 117 cm³/mol. The molecule has 1 rings (SSSR count). The van der Waals surface area contributed by atoms with Gasteiger partial charge in [-0.25, -0.2) is 9.32 Å². The summed E-state index contributed by atoms with van der Waals surface area (Å²) in [5.74, 6) is -0.160. The summed E-state index contributed by atoms with van der Waals surface area (Å²) in [6, 6.07) is 6.10. The fraction of sp³-hybridized carbons (Fsp3) is 0.619. The Hall–Kier alpha value is -2.22. The maximum atomic E-state index is 12.1. The monoisotopic (exact) mass is 457 g/mol. The molecule has 3 N–H and O–H groups in total. The smallest absolute Gasteiger partial charge is 0.444 e. The number of nitrogens with one attached hydrogen (secondary N) is 2. The van der Waals surface area contributed by atoms with Crippen molar-refractivity contribution in [3.05, 3.63) is 29.8 Å². The van der Waals surface area contributed by atoms with Crippen LogP contribution in [0.5, 0.6) is 5.75 Å². The summed E-state index contributed by atoms with van der Waals surface area (Å²) >= 11 is 0. The number of hydrogen-bond acceptors (Lipinski definition) is 7. The van der Waals surface area contributed by atoms with E-state index in [-0.39, 0.29) is 6.61 Å². The molecule has 0 fully saturated rings. The lowest BCUT2D eigenvalue weighted by Crippen LogP contribution is -2.33. The second kappa shape index (κ2) is 14.0. The second-order valence-electron chi connectivity index (χ2n) is 7.84. The third kappa shape index (κ3) is 12.3. The van der Waals surface area contributed by atoms with Gasteiger partial charge in [0.1, 0.15) is 12.2 Å². The summed E-state index contributed by atoms with van der Waals surface area (Å²) in [7, 11) is -2.24. The number of rotatable bonds is 13. The third-order valence-electron chi connectivity index (χ3n) is 3.93. The lowest BCUT2D eigenvalue weighted by Gasteiger charge is -2.19. The van der Waals surface area contributed by atoms with Crippen molar-refractivity contribution in [2.75, 3.05) is 19.7 Å². The van der Waals surface area contributed by atoms with Crippen LogP contribution in [-0.2, 0) is 18.6 Å². The number of ether oxygens (including phenoxy) is 1. The molecule has 1 aromatic rings. The fourth-order valence-electron chi connectivity index (χ4n) is 2.50. The van der Waals surface area contributed by atoms with Crippen LogP contribution in [0.3, 0.4) is 0 Å². The number of carbonyl (C=O) groups excluding carboxylic acids is 2. The average Bonchev–Trinajstić information content (AvgIpc) is 2.68. The van der Waals surface area contributed by atoms with Gasteiger partial charge in [-0.15, -0.1) is 4.52 Å². The van der Waals surface area contributed by atoms with Crippen LogP contribution in [0.15, 0.2) is 24.3 Å². The lowest BCUT2D eigenvalue weighted by atomic mass is 10.1. The number of benzene rings is 1. The molecular weight excluding hydrogens is 423 g/mol. The lowest BCUT2D eigenvalue weighted by molar-refractivity contribution is -0.129. The van der Waals surface area contributed by atoms with Gasteiger partial charge in [0.05, 0.1) is 0 Å². The van der Waals surface area contributed by atoms with Crippen LogP contribution < -0.4 is 15.2 Å². The van der Waals surface area contributed by atoms with Crippen LogP contribution in [0.2, 0.25) is 0 Å². The van der Waals surface area contributed by atoms with Crippen LogP contribution in [-0.4, -0.2) is 42.4 Å². The predicted octanol–water partition coefficient (Wildman–Crippen LogP) is 3.99. The average molecular weight is 457 g/mol. The summed E-state index contributed by atoms with van der Waals surface area (Å²) in [6.07, 6.45) is 1.65. The molecule has 1 aromatic carbocycles. The minimum absolute atomic E-state index is 0.273. The highest BCUT2D eigenvalue weighted by molar-refractivity contribution is 7.33.